The lowest BCUT2D eigenvalue weighted by atomic mass is 10.1. The molecule has 0 saturated carbocycles. The number of nitrogens with zero attached hydrogens (tertiary/aromatic N) is 1. The minimum Gasteiger partial charge on any atom is -0.385 e. The fourth-order valence-electron chi connectivity index (χ4n) is 2.40. The van der Waals surface area contributed by atoms with Crippen LogP contribution in [-0.2, 0) is 0 Å². The molecule has 0 aliphatic carbocycles. The van der Waals surface area contributed by atoms with Crippen molar-refractivity contribution in [3.8, 4) is 0 Å². The zero-order chi connectivity index (χ0) is 13.0. The fourth-order valence-corrected chi connectivity index (χ4v) is 2.40. The zero-order valence-corrected chi connectivity index (χ0v) is 10.6. The third kappa shape index (κ3) is 2.98. The maximum atomic E-state index is 10.8. The van der Waals surface area contributed by atoms with Crippen molar-refractivity contribution >= 4 is 11.4 Å². The maximum Gasteiger partial charge on any atom is 0.274 e. The molecule has 18 heavy (non-hydrogen) atoms. The van der Waals surface area contributed by atoms with Crippen LogP contribution in [0.1, 0.15) is 24.8 Å². The van der Waals surface area contributed by atoms with Gasteiger partial charge in [0, 0.05) is 29.9 Å². The Labute approximate surface area is 107 Å². The van der Waals surface area contributed by atoms with Gasteiger partial charge in [0.15, 0.2) is 0 Å². The molecule has 1 saturated heterocycles. The van der Waals surface area contributed by atoms with E-state index in [0.717, 1.165) is 25.2 Å². The Hall–Kier alpha value is -1.62. The molecule has 0 spiro atoms. The zero-order valence-electron chi connectivity index (χ0n) is 10.6. The molecule has 1 atom stereocenters. The van der Waals surface area contributed by atoms with E-state index in [1.165, 1.54) is 12.8 Å². The number of nitro groups is 1. The summed E-state index contributed by atoms with van der Waals surface area (Å²) in [5.74, 6) is 0. The second kappa shape index (κ2) is 5.82. The Bertz CT molecular complexity index is 428. The van der Waals surface area contributed by atoms with Gasteiger partial charge in [0.1, 0.15) is 0 Å². The van der Waals surface area contributed by atoms with E-state index in [9.17, 15) is 10.1 Å². The Morgan fingerprint density at radius 3 is 3.06 bits per heavy atom. The number of benzene rings is 1. The van der Waals surface area contributed by atoms with Crippen molar-refractivity contribution in [3.63, 3.8) is 0 Å². The van der Waals surface area contributed by atoms with Gasteiger partial charge >= 0.3 is 0 Å². The predicted octanol–water partition coefficient (Wildman–Crippen LogP) is 2.46. The first-order chi connectivity index (χ1) is 8.68. The Kier molecular flexibility index (Phi) is 4.15. The minimum absolute atomic E-state index is 0.180. The van der Waals surface area contributed by atoms with Gasteiger partial charge in [-0.2, -0.15) is 0 Å². The van der Waals surface area contributed by atoms with Gasteiger partial charge in [-0.25, -0.2) is 0 Å². The maximum absolute atomic E-state index is 10.8. The third-order valence-electron chi connectivity index (χ3n) is 3.47. The van der Waals surface area contributed by atoms with Crippen LogP contribution in [0.2, 0.25) is 0 Å². The summed E-state index contributed by atoms with van der Waals surface area (Å²) in [6, 6.07) is 5.75. The number of hydrogen-bond donors (Lipinski definition) is 2. The summed E-state index contributed by atoms with van der Waals surface area (Å²) in [6.45, 7) is 3.74. The van der Waals surface area contributed by atoms with Gasteiger partial charge in [-0.15, -0.1) is 0 Å². The molecular weight excluding hydrogens is 230 g/mol. The molecule has 1 unspecified atom stereocenters. The third-order valence-corrected chi connectivity index (χ3v) is 3.47. The minimum atomic E-state index is -0.334. The average molecular weight is 249 g/mol. The molecule has 0 aromatic heterocycles. The van der Waals surface area contributed by atoms with Crippen LogP contribution in [-0.4, -0.2) is 24.1 Å². The molecule has 1 fully saturated rings. The van der Waals surface area contributed by atoms with Crippen molar-refractivity contribution in [2.24, 2.45) is 0 Å². The van der Waals surface area contributed by atoms with Crippen LogP contribution in [0.15, 0.2) is 18.2 Å². The second-order valence-electron chi connectivity index (χ2n) is 4.72. The Morgan fingerprint density at radius 1 is 1.56 bits per heavy atom. The van der Waals surface area contributed by atoms with E-state index in [4.69, 9.17) is 0 Å². The van der Waals surface area contributed by atoms with E-state index in [2.05, 4.69) is 10.6 Å². The van der Waals surface area contributed by atoms with Crippen molar-refractivity contribution in [2.75, 3.05) is 18.4 Å². The van der Waals surface area contributed by atoms with E-state index >= 15 is 0 Å². The highest BCUT2D eigenvalue weighted by atomic mass is 16.6. The predicted molar refractivity (Wildman–Crippen MR) is 72.0 cm³/mol. The van der Waals surface area contributed by atoms with Gasteiger partial charge in [-0.05, 0) is 38.8 Å². The van der Waals surface area contributed by atoms with Gasteiger partial charge < -0.3 is 10.6 Å². The first kappa shape index (κ1) is 12.8. The van der Waals surface area contributed by atoms with Gasteiger partial charge in [-0.1, -0.05) is 6.07 Å². The van der Waals surface area contributed by atoms with Gasteiger partial charge in [0.2, 0.25) is 0 Å². The number of nitrogens with one attached hydrogen (secondary N) is 2. The molecule has 1 aliphatic rings. The molecule has 0 bridgehead atoms. The first-order valence-electron chi connectivity index (χ1n) is 6.40. The SMILES string of the molecule is Cc1c(NCCC2CCCN2)cccc1[N+](=O)[O-]. The smallest absolute Gasteiger partial charge is 0.274 e. The van der Waals surface area contributed by atoms with Crippen LogP contribution in [0, 0.1) is 17.0 Å². The summed E-state index contributed by atoms with van der Waals surface area (Å²) in [7, 11) is 0. The lowest BCUT2D eigenvalue weighted by Crippen LogP contribution is -2.24. The van der Waals surface area contributed by atoms with Gasteiger partial charge in [-0.3, -0.25) is 10.1 Å². The van der Waals surface area contributed by atoms with Gasteiger partial charge in [0.05, 0.1) is 4.92 Å². The molecule has 0 radical (unpaired) electrons. The highest BCUT2D eigenvalue weighted by Crippen LogP contribution is 2.25. The van der Waals surface area contributed by atoms with Crippen molar-refractivity contribution in [3.05, 3.63) is 33.9 Å². The summed E-state index contributed by atoms with van der Waals surface area (Å²) in [5, 5.41) is 17.6. The molecule has 5 heteroatoms. The second-order valence-corrected chi connectivity index (χ2v) is 4.72. The van der Waals surface area contributed by atoms with E-state index in [-0.39, 0.29) is 10.6 Å². The van der Waals surface area contributed by atoms with Crippen LogP contribution in [0.25, 0.3) is 0 Å². The van der Waals surface area contributed by atoms with Crippen LogP contribution in [0.5, 0.6) is 0 Å². The van der Waals surface area contributed by atoms with Crippen LogP contribution in [0.3, 0.4) is 0 Å². The number of nitro benzene ring substituents is 1. The molecule has 1 heterocycles. The van der Waals surface area contributed by atoms with Crippen molar-refractivity contribution in [2.45, 2.75) is 32.2 Å². The van der Waals surface area contributed by atoms with E-state index in [1.807, 2.05) is 6.07 Å². The van der Waals surface area contributed by atoms with Crippen molar-refractivity contribution in [1.29, 1.82) is 0 Å². The van der Waals surface area contributed by atoms with Crippen LogP contribution >= 0.6 is 0 Å². The Morgan fingerprint density at radius 2 is 2.39 bits per heavy atom. The molecule has 2 N–H and O–H groups in total. The summed E-state index contributed by atoms with van der Waals surface area (Å²) in [6.07, 6.45) is 3.54. The monoisotopic (exact) mass is 249 g/mol. The normalized spacial score (nSPS) is 18.8. The molecule has 98 valence electrons. The molecule has 2 rings (SSSR count). The number of rotatable bonds is 5. The quantitative estimate of drug-likeness (QED) is 0.621. The number of anilines is 1. The summed E-state index contributed by atoms with van der Waals surface area (Å²) in [4.78, 5) is 10.5. The first-order valence-corrected chi connectivity index (χ1v) is 6.40. The lowest BCUT2D eigenvalue weighted by Gasteiger charge is -2.13. The summed E-state index contributed by atoms with van der Waals surface area (Å²) >= 11 is 0. The average Bonchev–Trinajstić information content (AvgIpc) is 2.84. The topological polar surface area (TPSA) is 67.2 Å². The number of hydrogen-bond acceptors (Lipinski definition) is 4. The van der Waals surface area contributed by atoms with E-state index in [1.54, 1.807) is 19.1 Å². The lowest BCUT2D eigenvalue weighted by molar-refractivity contribution is -0.385. The molecule has 0 amide bonds. The van der Waals surface area contributed by atoms with Gasteiger partial charge in [0.25, 0.3) is 5.69 Å². The summed E-state index contributed by atoms with van der Waals surface area (Å²) in [5.41, 5.74) is 1.75. The molecular formula is C13H19N3O2. The molecule has 1 aromatic rings. The highest BCUT2D eigenvalue weighted by Gasteiger charge is 2.15. The van der Waals surface area contributed by atoms with Crippen molar-refractivity contribution in [1.82, 2.24) is 5.32 Å². The molecule has 5 nitrogen and oxygen atoms in total. The Balaban J connectivity index is 1.92. The molecule has 1 aromatic carbocycles. The van der Waals surface area contributed by atoms with Crippen LogP contribution in [0.4, 0.5) is 11.4 Å². The fraction of sp³-hybridized carbons (Fsp3) is 0.538. The summed E-state index contributed by atoms with van der Waals surface area (Å²) < 4.78 is 0. The van der Waals surface area contributed by atoms with E-state index < -0.39 is 0 Å². The standard InChI is InChI=1S/C13H19N3O2/c1-10-12(5-2-6-13(10)16(17)18)15-9-7-11-4-3-8-14-11/h2,5-6,11,14-15H,3-4,7-9H2,1H3. The highest BCUT2D eigenvalue weighted by molar-refractivity contribution is 5.59. The van der Waals surface area contributed by atoms with Crippen LogP contribution < -0.4 is 10.6 Å². The largest absolute Gasteiger partial charge is 0.385 e. The molecule has 1 aliphatic heterocycles. The van der Waals surface area contributed by atoms with E-state index in [0.29, 0.717) is 11.6 Å². The van der Waals surface area contributed by atoms with Crippen molar-refractivity contribution < 1.29 is 4.92 Å².